The molecule has 1 atom stereocenters. The zero-order valence-corrected chi connectivity index (χ0v) is 15.5. The van der Waals surface area contributed by atoms with E-state index in [1.54, 1.807) is 0 Å². The summed E-state index contributed by atoms with van der Waals surface area (Å²) in [6.07, 6.45) is 1.65. The fourth-order valence-electron chi connectivity index (χ4n) is 1.91. The lowest BCUT2D eigenvalue weighted by Gasteiger charge is -2.15. The molecule has 21 heavy (non-hydrogen) atoms. The normalized spacial score (nSPS) is 12.2. The Labute approximate surface area is 146 Å². The van der Waals surface area contributed by atoms with Crippen molar-refractivity contribution in [2.75, 3.05) is 0 Å². The molecule has 1 unspecified atom stereocenters. The molecule has 0 aliphatic heterocycles. The summed E-state index contributed by atoms with van der Waals surface area (Å²) >= 11 is 13.0. The molecule has 0 aliphatic rings. The van der Waals surface area contributed by atoms with Gasteiger partial charge in [-0.1, -0.05) is 34.5 Å². The molecule has 0 heterocycles. The zero-order chi connectivity index (χ0) is 15.4. The van der Waals surface area contributed by atoms with Crippen LogP contribution in [0.5, 0.6) is 11.5 Å². The number of hydrogen-bond donors (Lipinski definition) is 1. The van der Waals surface area contributed by atoms with Crippen molar-refractivity contribution >= 4 is 43.5 Å². The highest BCUT2D eigenvalue weighted by molar-refractivity contribution is 9.11. The van der Waals surface area contributed by atoms with Gasteiger partial charge in [-0.05, 0) is 70.7 Å². The van der Waals surface area contributed by atoms with Crippen LogP contribution in [0.1, 0.15) is 18.9 Å². The van der Waals surface area contributed by atoms with E-state index in [1.807, 2.05) is 36.4 Å². The monoisotopic (exact) mass is 431 g/mol. The van der Waals surface area contributed by atoms with Crippen molar-refractivity contribution in [1.29, 1.82) is 0 Å². The van der Waals surface area contributed by atoms with Gasteiger partial charge in [-0.15, -0.1) is 0 Å². The first-order valence-electron chi connectivity index (χ1n) is 6.66. The lowest BCUT2D eigenvalue weighted by atomic mass is 10.0. The summed E-state index contributed by atoms with van der Waals surface area (Å²) in [5.41, 5.74) is 7.07. The lowest BCUT2D eigenvalue weighted by Crippen LogP contribution is -2.21. The van der Waals surface area contributed by atoms with Gasteiger partial charge in [-0.3, -0.25) is 0 Å². The molecule has 0 saturated heterocycles. The molecule has 2 nitrogen and oxygen atoms in total. The Morgan fingerprint density at radius 1 is 1.14 bits per heavy atom. The van der Waals surface area contributed by atoms with Crippen molar-refractivity contribution in [3.05, 3.63) is 55.9 Å². The number of benzene rings is 2. The van der Waals surface area contributed by atoms with Crippen LogP contribution < -0.4 is 10.5 Å². The van der Waals surface area contributed by atoms with Crippen LogP contribution in [0.3, 0.4) is 0 Å². The average molecular weight is 434 g/mol. The van der Waals surface area contributed by atoms with Crippen LogP contribution in [-0.2, 0) is 6.42 Å². The standard InChI is InChI=1S/C16H16Br2ClNO/c1-2-13(20)8-10-7-12(19)4-6-15(10)21-16-5-3-11(17)9-14(16)18/h3-7,9,13H,2,8,20H2,1H3. The first-order valence-corrected chi connectivity index (χ1v) is 8.63. The van der Waals surface area contributed by atoms with Crippen molar-refractivity contribution in [3.63, 3.8) is 0 Å². The van der Waals surface area contributed by atoms with Gasteiger partial charge in [-0.2, -0.15) is 0 Å². The van der Waals surface area contributed by atoms with Gasteiger partial charge in [0.25, 0.3) is 0 Å². The van der Waals surface area contributed by atoms with Gasteiger partial charge >= 0.3 is 0 Å². The van der Waals surface area contributed by atoms with E-state index in [0.29, 0.717) is 5.02 Å². The Hall–Kier alpha value is -0.550. The van der Waals surface area contributed by atoms with E-state index in [0.717, 1.165) is 38.8 Å². The third-order valence-electron chi connectivity index (χ3n) is 3.14. The molecule has 112 valence electrons. The summed E-state index contributed by atoms with van der Waals surface area (Å²) in [5, 5.41) is 0.690. The van der Waals surface area contributed by atoms with Crippen LogP contribution in [0.4, 0.5) is 0 Å². The van der Waals surface area contributed by atoms with Crippen LogP contribution >= 0.6 is 43.5 Å². The number of hydrogen-bond acceptors (Lipinski definition) is 2. The molecule has 2 aromatic rings. The van der Waals surface area contributed by atoms with Crippen molar-refractivity contribution in [2.24, 2.45) is 5.73 Å². The first-order chi connectivity index (χ1) is 9.99. The van der Waals surface area contributed by atoms with E-state index in [1.165, 1.54) is 0 Å². The number of ether oxygens (including phenoxy) is 1. The average Bonchev–Trinajstić information content (AvgIpc) is 2.44. The smallest absolute Gasteiger partial charge is 0.141 e. The second-order valence-electron chi connectivity index (χ2n) is 4.80. The first kappa shape index (κ1) is 16.8. The maximum absolute atomic E-state index is 6.09. The van der Waals surface area contributed by atoms with E-state index in [2.05, 4.69) is 38.8 Å². The highest BCUT2D eigenvalue weighted by atomic mass is 79.9. The predicted molar refractivity (Wildman–Crippen MR) is 95.3 cm³/mol. The van der Waals surface area contributed by atoms with Gasteiger partial charge in [0.2, 0.25) is 0 Å². The van der Waals surface area contributed by atoms with E-state index in [-0.39, 0.29) is 6.04 Å². The second kappa shape index (κ2) is 7.63. The molecule has 0 aliphatic carbocycles. The topological polar surface area (TPSA) is 35.2 Å². The van der Waals surface area contributed by atoms with Crippen LogP contribution in [-0.4, -0.2) is 6.04 Å². The fourth-order valence-corrected chi connectivity index (χ4v) is 3.23. The van der Waals surface area contributed by atoms with Crippen molar-refractivity contribution in [3.8, 4) is 11.5 Å². The second-order valence-corrected chi connectivity index (χ2v) is 7.01. The van der Waals surface area contributed by atoms with E-state index >= 15 is 0 Å². The predicted octanol–water partition coefficient (Wildman–Crippen LogP) is 5.94. The molecule has 2 N–H and O–H groups in total. The number of nitrogens with two attached hydrogens (primary N) is 1. The minimum Gasteiger partial charge on any atom is -0.456 e. The number of halogens is 3. The molecule has 0 saturated carbocycles. The molecule has 2 aromatic carbocycles. The number of rotatable bonds is 5. The van der Waals surface area contributed by atoms with Crippen LogP contribution in [0, 0.1) is 0 Å². The molecule has 0 spiro atoms. The van der Waals surface area contributed by atoms with Crippen molar-refractivity contribution < 1.29 is 4.74 Å². The highest BCUT2D eigenvalue weighted by Crippen LogP contribution is 2.34. The van der Waals surface area contributed by atoms with E-state index in [9.17, 15) is 0 Å². The maximum Gasteiger partial charge on any atom is 0.141 e. The zero-order valence-electron chi connectivity index (χ0n) is 11.6. The minimum absolute atomic E-state index is 0.0965. The van der Waals surface area contributed by atoms with Gasteiger partial charge in [0.1, 0.15) is 11.5 Å². The Morgan fingerprint density at radius 2 is 1.86 bits per heavy atom. The Bertz CT molecular complexity index is 634. The van der Waals surface area contributed by atoms with Crippen molar-refractivity contribution in [2.45, 2.75) is 25.8 Å². The van der Waals surface area contributed by atoms with E-state index in [4.69, 9.17) is 22.1 Å². The molecular weight excluding hydrogens is 417 g/mol. The molecular formula is C16H16Br2ClNO. The largest absolute Gasteiger partial charge is 0.456 e. The van der Waals surface area contributed by atoms with Crippen LogP contribution in [0.2, 0.25) is 5.02 Å². The summed E-state index contributed by atoms with van der Waals surface area (Å²) in [4.78, 5) is 0. The summed E-state index contributed by atoms with van der Waals surface area (Å²) in [6.45, 7) is 2.07. The van der Waals surface area contributed by atoms with E-state index < -0.39 is 0 Å². The third kappa shape index (κ3) is 4.71. The van der Waals surface area contributed by atoms with Crippen molar-refractivity contribution in [1.82, 2.24) is 0 Å². The third-order valence-corrected chi connectivity index (χ3v) is 4.49. The Kier molecular flexibility index (Phi) is 6.11. The summed E-state index contributed by atoms with van der Waals surface area (Å²) < 4.78 is 7.89. The maximum atomic E-state index is 6.09. The summed E-state index contributed by atoms with van der Waals surface area (Å²) in [5.74, 6) is 1.54. The van der Waals surface area contributed by atoms with Gasteiger partial charge in [0, 0.05) is 15.5 Å². The Balaban J connectivity index is 2.30. The minimum atomic E-state index is 0.0965. The molecule has 0 aromatic heterocycles. The quantitative estimate of drug-likeness (QED) is 0.634. The molecule has 0 fully saturated rings. The van der Waals surface area contributed by atoms with Gasteiger partial charge in [0.05, 0.1) is 4.47 Å². The summed E-state index contributed by atoms with van der Waals surface area (Å²) in [7, 11) is 0. The van der Waals surface area contributed by atoms with Crippen LogP contribution in [0.25, 0.3) is 0 Å². The van der Waals surface area contributed by atoms with Gasteiger partial charge in [0.15, 0.2) is 0 Å². The molecule has 0 bridgehead atoms. The summed E-state index contributed by atoms with van der Waals surface area (Å²) in [6, 6.07) is 11.5. The molecule has 0 radical (unpaired) electrons. The van der Waals surface area contributed by atoms with Gasteiger partial charge < -0.3 is 10.5 Å². The molecule has 2 rings (SSSR count). The fraction of sp³-hybridized carbons (Fsp3) is 0.250. The lowest BCUT2D eigenvalue weighted by molar-refractivity contribution is 0.469. The molecule has 5 heteroatoms. The molecule has 0 amide bonds. The van der Waals surface area contributed by atoms with Gasteiger partial charge in [-0.25, -0.2) is 0 Å². The van der Waals surface area contributed by atoms with Crippen LogP contribution in [0.15, 0.2) is 45.3 Å². The Morgan fingerprint density at radius 3 is 2.52 bits per heavy atom. The highest BCUT2D eigenvalue weighted by Gasteiger charge is 2.11. The SMILES string of the molecule is CCC(N)Cc1cc(Cl)ccc1Oc1ccc(Br)cc1Br.